The molecule has 0 rings (SSSR count). The van der Waals surface area contributed by atoms with Crippen LogP contribution < -0.4 is 5.32 Å². The van der Waals surface area contributed by atoms with Gasteiger partial charge in [-0.25, -0.2) is 0 Å². The van der Waals surface area contributed by atoms with Crippen LogP contribution in [0.1, 0.15) is 367 Å². The Kier molecular flexibility index (Phi) is 63.0. The molecule has 0 aliphatic heterocycles. The summed E-state index contributed by atoms with van der Waals surface area (Å²) in [5.41, 5.74) is 0. The fourth-order valence-corrected chi connectivity index (χ4v) is 10.4. The lowest BCUT2D eigenvalue weighted by Gasteiger charge is -2.20. The van der Waals surface area contributed by atoms with Crippen LogP contribution in [0.2, 0.25) is 0 Å². The average Bonchev–Trinajstić information content (AvgIpc) is 3.41. The van der Waals surface area contributed by atoms with Crippen LogP contribution >= 0.6 is 0 Å². The average molecular weight is 1050 g/mol. The Labute approximate surface area is 468 Å². The van der Waals surface area contributed by atoms with Gasteiger partial charge < -0.3 is 20.3 Å². The molecule has 1 amide bonds. The molecule has 6 nitrogen and oxygen atoms in total. The molecule has 442 valence electrons. The largest absolute Gasteiger partial charge is 0.466 e. The van der Waals surface area contributed by atoms with Crippen molar-refractivity contribution < 1.29 is 24.5 Å². The lowest BCUT2D eigenvalue weighted by molar-refractivity contribution is -0.143. The van der Waals surface area contributed by atoms with E-state index < -0.39 is 12.1 Å². The molecule has 0 aliphatic carbocycles. The molecule has 0 radical (unpaired) electrons. The Bertz CT molecular complexity index is 1210. The van der Waals surface area contributed by atoms with Gasteiger partial charge in [-0.1, -0.05) is 307 Å². The SMILES string of the molecule is CCCCCCC/C=C\CCCCCCCC(=O)OCCCCCCCCCCCCCC/C=C\CCCCCCCCCCC(=O)NC(CO)C(O)/C=C/CCCCCCCCCCCCCCCCCCCC. The topological polar surface area (TPSA) is 95.9 Å². The number of ether oxygens (including phenoxy) is 1. The summed E-state index contributed by atoms with van der Waals surface area (Å²) in [7, 11) is 0. The van der Waals surface area contributed by atoms with E-state index in [1.54, 1.807) is 6.08 Å². The molecule has 0 aromatic carbocycles. The number of allylic oxidation sites excluding steroid dienone is 5. The van der Waals surface area contributed by atoms with E-state index in [1.807, 2.05) is 6.08 Å². The van der Waals surface area contributed by atoms with E-state index in [9.17, 15) is 19.8 Å². The summed E-state index contributed by atoms with van der Waals surface area (Å²) in [5.74, 6) is -0.0658. The minimum atomic E-state index is -0.848. The first-order valence-electron chi connectivity index (χ1n) is 33.8. The van der Waals surface area contributed by atoms with Gasteiger partial charge in [0.25, 0.3) is 0 Å². The predicted octanol–water partition coefficient (Wildman–Crippen LogP) is 21.5. The van der Waals surface area contributed by atoms with Gasteiger partial charge in [0.15, 0.2) is 0 Å². The number of hydrogen-bond donors (Lipinski definition) is 3. The molecule has 0 aromatic heterocycles. The van der Waals surface area contributed by atoms with E-state index in [1.165, 1.54) is 295 Å². The van der Waals surface area contributed by atoms with E-state index in [0.29, 0.717) is 19.4 Å². The molecule has 0 saturated carbocycles. The van der Waals surface area contributed by atoms with E-state index in [-0.39, 0.29) is 18.5 Å². The number of aliphatic hydroxyl groups is 2. The number of carbonyl (C=O) groups is 2. The first-order chi connectivity index (χ1) is 37.0. The van der Waals surface area contributed by atoms with Gasteiger partial charge >= 0.3 is 5.97 Å². The second-order valence-corrected chi connectivity index (χ2v) is 23.1. The zero-order valence-corrected chi connectivity index (χ0v) is 50.5. The number of carbonyl (C=O) groups excluding carboxylic acids is 2. The lowest BCUT2D eigenvalue weighted by Crippen LogP contribution is -2.45. The minimum absolute atomic E-state index is 0.00380. The van der Waals surface area contributed by atoms with Crippen molar-refractivity contribution >= 4 is 11.9 Å². The van der Waals surface area contributed by atoms with Crippen LogP contribution in [0.25, 0.3) is 0 Å². The van der Waals surface area contributed by atoms with Gasteiger partial charge in [0.05, 0.1) is 25.4 Å². The summed E-state index contributed by atoms with van der Waals surface area (Å²) < 4.78 is 5.48. The van der Waals surface area contributed by atoms with Crippen molar-refractivity contribution in [1.29, 1.82) is 0 Å². The van der Waals surface area contributed by atoms with Crippen molar-refractivity contribution in [2.24, 2.45) is 0 Å². The zero-order chi connectivity index (χ0) is 54.3. The quantitative estimate of drug-likeness (QED) is 0.0320. The molecule has 2 unspecified atom stereocenters. The van der Waals surface area contributed by atoms with Gasteiger partial charge in [-0.05, 0) is 83.5 Å². The maximum atomic E-state index is 12.5. The Morgan fingerprint density at radius 3 is 0.947 bits per heavy atom. The number of nitrogens with one attached hydrogen (secondary N) is 1. The Hall–Kier alpha value is -1.92. The Balaban J connectivity index is 3.43. The van der Waals surface area contributed by atoms with Crippen molar-refractivity contribution in [1.82, 2.24) is 5.32 Å². The van der Waals surface area contributed by atoms with Gasteiger partial charge in [-0.2, -0.15) is 0 Å². The van der Waals surface area contributed by atoms with Crippen molar-refractivity contribution in [2.75, 3.05) is 13.2 Å². The van der Waals surface area contributed by atoms with Crippen LogP contribution in [-0.2, 0) is 14.3 Å². The molecular weight excluding hydrogens is 923 g/mol. The molecule has 6 heteroatoms. The monoisotopic (exact) mass is 1050 g/mol. The highest BCUT2D eigenvalue weighted by atomic mass is 16.5. The third-order valence-electron chi connectivity index (χ3n) is 15.6. The fraction of sp³-hybridized carbons (Fsp3) is 0.884. The fourth-order valence-electron chi connectivity index (χ4n) is 10.4. The molecule has 3 N–H and O–H groups in total. The minimum Gasteiger partial charge on any atom is -0.466 e. The van der Waals surface area contributed by atoms with Crippen LogP contribution in [0.15, 0.2) is 36.5 Å². The van der Waals surface area contributed by atoms with Crippen LogP contribution in [0.4, 0.5) is 0 Å². The first kappa shape index (κ1) is 73.1. The third-order valence-corrected chi connectivity index (χ3v) is 15.6. The maximum absolute atomic E-state index is 12.5. The highest BCUT2D eigenvalue weighted by Gasteiger charge is 2.18. The molecule has 0 fully saturated rings. The summed E-state index contributed by atoms with van der Waals surface area (Å²) >= 11 is 0. The van der Waals surface area contributed by atoms with Gasteiger partial charge in [-0.15, -0.1) is 0 Å². The van der Waals surface area contributed by atoms with Crippen molar-refractivity contribution in [3.8, 4) is 0 Å². The van der Waals surface area contributed by atoms with E-state index in [0.717, 1.165) is 44.9 Å². The normalized spacial score (nSPS) is 12.7. The molecule has 0 bridgehead atoms. The number of rotatable bonds is 63. The standard InChI is InChI=1S/C69H131NO5/c1-3-5-7-9-11-13-15-17-19-20-21-28-31-34-37-41-45-49-53-57-61-67(72)66(65-71)70-68(73)62-58-54-50-46-42-38-35-32-29-26-24-22-23-25-27-30-33-36-40-44-48-52-56-60-64-75-69(74)63-59-55-51-47-43-39-18-16-14-12-10-8-6-4-2/h16,18,24,26,57,61,66-67,71-72H,3-15,17,19-23,25,27-56,58-60,62-65H2,1-2H3,(H,70,73)/b18-16-,26-24-,61-57+. The molecular formula is C69H131NO5. The van der Waals surface area contributed by atoms with Crippen molar-refractivity contribution in [2.45, 2.75) is 379 Å². The summed E-state index contributed by atoms with van der Waals surface area (Å²) in [6.45, 7) is 4.92. The van der Waals surface area contributed by atoms with Crippen molar-refractivity contribution in [3.63, 3.8) is 0 Å². The van der Waals surface area contributed by atoms with Gasteiger partial charge in [-0.3, -0.25) is 9.59 Å². The molecule has 0 aromatic rings. The van der Waals surface area contributed by atoms with Crippen molar-refractivity contribution in [3.05, 3.63) is 36.5 Å². The number of amides is 1. The van der Waals surface area contributed by atoms with Crippen LogP contribution in [0.5, 0.6) is 0 Å². The number of aliphatic hydroxyl groups excluding tert-OH is 2. The highest BCUT2D eigenvalue weighted by Crippen LogP contribution is 2.18. The van der Waals surface area contributed by atoms with Gasteiger partial charge in [0, 0.05) is 12.8 Å². The number of unbranched alkanes of at least 4 members (excludes halogenated alkanes) is 48. The number of hydrogen-bond acceptors (Lipinski definition) is 5. The highest BCUT2D eigenvalue weighted by molar-refractivity contribution is 5.76. The summed E-state index contributed by atoms with van der Waals surface area (Å²) in [6, 6.07) is -0.632. The first-order valence-corrected chi connectivity index (χ1v) is 33.8. The van der Waals surface area contributed by atoms with E-state index in [4.69, 9.17) is 4.74 Å². The zero-order valence-electron chi connectivity index (χ0n) is 50.5. The second-order valence-electron chi connectivity index (χ2n) is 23.1. The second kappa shape index (κ2) is 64.6. The molecule has 75 heavy (non-hydrogen) atoms. The lowest BCUT2D eigenvalue weighted by atomic mass is 10.0. The van der Waals surface area contributed by atoms with Gasteiger partial charge in [0.2, 0.25) is 5.91 Å². The number of esters is 1. The molecule has 0 saturated heterocycles. The van der Waals surface area contributed by atoms with Gasteiger partial charge in [0.1, 0.15) is 0 Å². The summed E-state index contributed by atoms with van der Waals surface area (Å²) in [5, 5.41) is 23.2. The third kappa shape index (κ3) is 61.2. The summed E-state index contributed by atoms with van der Waals surface area (Å²) in [4.78, 5) is 24.6. The smallest absolute Gasteiger partial charge is 0.305 e. The Morgan fingerprint density at radius 2 is 0.627 bits per heavy atom. The molecule has 0 spiro atoms. The van der Waals surface area contributed by atoms with Crippen LogP contribution in [-0.4, -0.2) is 47.4 Å². The molecule has 0 aliphatic rings. The van der Waals surface area contributed by atoms with E-state index in [2.05, 4.69) is 43.5 Å². The van der Waals surface area contributed by atoms with Crippen LogP contribution in [0, 0.1) is 0 Å². The predicted molar refractivity (Wildman–Crippen MR) is 329 cm³/mol. The summed E-state index contributed by atoms with van der Waals surface area (Å²) in [6.07, 6.45) is 82.0. The van der Waals surface area contributed by atoms with E-state index >= 15 is 0 Å². The van der Waals surface area contributed by atoms with Crippen LogP contribution in [0.3, 0.4) is 0 Å². The molecule has 2 atom stereocenters. The molecule has 0 heterocycles. The Morgan fingerprint density at radius 1 is 0.360 bits per heavy atom. The maximum Gasteiger partial charge on any atom is 0.305 e.